The molecule has 0 fully saturated rings. The summed E-state index contributed by atoms with van der Waals surface area (Å²) >= 11 is 0. The molecule has 1 aromatic rings. The van der Waals surface area contributed by atoms with Crippen LogP contribution in [0.4, 0.5) is 0 Å². The van der Waals surface area contributed by atoms with Crippen molar-refractivity contribution in [3.05, 3.63) is 53.6 Å². The van der Waals surface area contributed by atoms with Crippen molar-refractivity contribution in [2.24, 2.45) is 0 Å². The molecular weight excluding hydrogens is 236 g/mol. The molecule has 0 saturated carbocycles. The number of hydrogen-bond donors (Lipinski definition) is 1. The Bertz CT molecular complexity index is 519. The fraction of sp³-hybridized carbons (Fsp3) is 0.250. The van der Waals surface area contributed by atoms with Crippen molar-refractivity contribution in [2.45, 2.75) is 19.8 Å². The molecule has 19 heavy (non-hydrogen) atoms. The van der Waals surface area contributed by atoms with Gasteiger partial charge in [-0.25, -0.2) is 0 Å². The average Bonchev–Trinajstić information content (AvgIpc) is 2.42. The maximum atomic E-state index is 11.7. The lowest BCUT2D eigenvalue weighted by molar-refractivity contribution is -0.116. The first kappa shape index (κ1) is 14.7. The van der Waals surface area contributed by atoms with E-state index in [1.807, 2.05) is 30.3 Å². The van der Waals surface area contributed by atoms with Gasteiger partial charge < -0.3 is 5.32 Å². The second-order valence-electron chi connectivity index (χ2n) is 4.49. The van der Waals surface area contributed by atoms with Crippen LogP contribution in [0.1, 0.15) is 30.9 Å². The number of nitrogens with one attached hydrogen (secondary N) is 1. The molecule has 0 aliphatic carbocycles. The third kappa shape index (κ3) is 4.44. The van der Waals surface area contributed by atoms with Crippen LogP contribution in [0.15, 0.2) is 42.5 Å². The number of rotatable bonds is 5. The molecule has 0 atom stereocenters. The highest BCUT2D eigenvalue weighted by Crippen LogP contribution is 2.16. The molecule has 0 aliphatic rings. The Morgan fingerprint density at radius 1 is 1.42 bits per heavy atom. The summed E-state index contributed by atoms with van der Waals surface area (Å²) in [7, 11) is 0. The monoisotopic (exact) mass is 254 g/mol. The summed E-state index contributed by atoms with van der Waals surface area (Å²) in [6.45, 7) is 8.10. The van der Waals surface area contributed by atoms with Gasteiger partial charge in [0, 0.05) is 6.54 Å². The minimum Gasteiger partial charge on any atom is -0.348 e. The van der Waals surface area contributed by atoms with E-state index in [4.69, 9.17) is 5.26 Å². The van der Waals surface area contributed by atoms with Crippen molar-refractivity contribution in [1.29, 1.82) is 5.26 Å². The maximum Gasteiger partial charge on any atom is 0.262 e. The number of nitrogens with zero attached hydrogens (tertiary/aromatic N) is 1. The van der Waals surface area contributed by atoms with Crippen molar-refractivity contribution < 1.29 is 4.79 Å². The molecular formula is C16H18N2O. The van der Waals surface area contributed by atoms with Gasteiger partial charge in [0.2, 0.25) is 0 Å². The van der Waals surface area contributed by atoms with Crippen molar-refractivity contribution in [2.75, 3.05) is 6.54 Å². The van der Waals surface area contributed by atoms with Crippen LogP contribution in [-0.4, -0.2) is 12.5 Å². The molecule has 0 heterocycles. The molecule has 0 bridgehead atoms. The van der Waals surface area contributed by atoms with Crippen molar-refractivity contribution in [1.82, 2.24) is 5.32 Å². The predicted molar refractivity (Wildman–Crippen MR) is 77.3 cm³/mol. The zero-order valence-corrected chi connectivity index (χ0v) is 11.3. The Morgan fingerprint density at radius 2 is 2.05 bits per heavy atom. The quantitative estimate of drug-likeness (QED) is 0.499. The molecule has 0 spiro atoms. The Kier molecular flexibility index (Phi) is 5.56. The largest absolute Gasteiger partial charge is 0.348 e. The van der Waals surface area contributed by atoms with E-state index in [0.717, 1.165) is 5.56 Å². The summed E-state index contributed by atoms with van der Waals surface area (Å²) in [4.78, 5) is 11.7. The third-order valence-corrected chi connectivity index (χ3v) is 2.69. The van der Waals surface area contributed by atoms with Gasteiger partial charge in [-0.2, -0.15) is 5.26 Å². The summed E-state index contributed by atoms with van der Waals surface area (Å²) in [5.74, 6) is 0.0830. The number of amides is 1. The van der Waals surface area contributed by atoms with Gasteiger partial charge in [0.1, 0.15) is 11.6 Å². The number of carbonyl (C=O) groups is 1. The normalized spacial score (nSPS) is 10.9. The summed E-state index contributed by atoms with van der Waals surface area (Å²) in [5, 5.41) is 11.6. The molecule has 0 unspecified atom stereocenters. The van der Waals surface area contributed by atoms with Crippen molar-refractivity contribution in [3.63, 3.8) is 0 Å². The van der Waals surface area contributed by atoms with Crippen LogP contribution in [0, 0.1) is 11.3 Å². The molecule has 1 aromatic carbocycles. The number of benzene rings is 1. The second-order valence-corrected chi connectivity index (χ2v) is 4.49. The topological polar surface area (TPSA) is 52.9 Å². The number of nitriles is 1. The molecule has 0 aromatic heterocycles. The van der Waals surface area contributed by atoms with Crippen LogP contribution in [0.3, 0.4) is 0 Å². The van der Waals surface area contributed by atoms with E-state index in [1.54, 1.807) is 12.2 Å². The van der Waals surface area contributed by atoms with Crippen LogP contribution < -0.4 is 5.32 Å². The summed E-state index contributed by atoms with van der Waals surface area (Å²) < 4.78 is 0. The Hall–Kier alpha value is -2.34. The third-order valence-electron chi connectivity index (χ3n) is 2.69. The van der Waals surface area contributed by atoms with Gasteiger partial charge in [-0.05, 0) is 23.1 Å². The van der Waals surface area contributed by atoms with Gasteiger partial charge in [0.25, 0.3) is 5.91 Å². The number of hydrogen-bond acceptors (Lipinski definition) is 2. The van der Waals surface area contributed by atoms with Crippen LogP contribution in [0.25, 0.3) is 6.08 Å². The predicted octanol–water partition coefficient (Wildman–Crippen LogP) is 3.02. The first-order chi connectivity index (χ1) is 9.08. The van der Waals surface area contributed by atoms with Gasteiger partial charge in [0.15, 0.2) is 0 Å². The van der Waals surface area contributed by atoms with Crippen LogP contribution in [0.5, 0.6) is 0 Å². The van der Waals surface area contributed by atoms with Crippen LogP contribution >= 0.6 is 0 Å². The molecule has 3 nitrogen and oxygen atoms in total. The Labute approximate surface area is 114 Å². The van der Waals surface area contributed by atoms with Gasteiger partial charge in [-0.3, -0.25) is 4.79 Å². The van der Waals surface area contributed by atoms with E-state index >= 15 is 0 Å². The minimum atomic E-state index is -0.379. The molecule has 1 amide bonds. The highest BCUT2D eigenvalue weighted by atomic mass is 16.1. The maximum absolute atomic E-state index is 11.7. The summed E-state index contributed by atoms with van der Waals surface area (Å²) in [6.07, 6.45) is 3.16. The van der Waals surface area contributed by atoms with E-state index in [2.05, 4.69) is 25.7 Å². The first-order valence-corrected chi connectivity index (χ1v) is 6.19. The molecule has 98 valence electrons. The molecule has 0 radical (unpaired) electrons. The fourth-order valence-electron chi connectivity index (χ4n) is 1.55. The number of carbonyl (C=O) groups excluding carboxylic acids is 1. The lowest BCUT2D eigenvalue weighted by Gasteiger charge is -2.05. The molecule has 1 rings (SSSR count). The Balaban J connectivity index is 2.89. The average molecular weight is 254 g/mol. The standard InChI is InChI=1S/C16H18N2O/c1-4-9-18-16(19)15(11-17)10-13-5-7-14(8-6-13)12(2)3/h4-8,10,12H,1,9H2,2-3H3,(H,18,19)/b15-10+. The van der Waals surface area contributed by atoms with E-state index in [-0.39, 0.29) is 11.5 Å². The van der Waals surface area contributed by atoms with Crippen molar-refractivity contribution >= 4 is 12.0 Å². The van der Waals surface area contributed by atoms with Crippen LogP contribution in [-0.2, 0) is 4.79 Å². The van der Waals surface area contributed by atoms with Gasteiger partial charge in [-0.1, -0.05) is 44.2 Å². The minimum absolute atomic E-state index is 0.0964. The second kappa shape index (κ2) is 7.17. The summed E-state index contributed by atoms with van der Waals surface area (Å²) in [6, 6.07) is 9.75. The van der Waals surface area contributed by atoms with Crippen molar-refractivity contribution in [3.8, 4) is 6.07 Å². The van der Waals surface area contributed by atoms with E-state index in [1.165, 1.54) is 5.56 Å². The summed E-state index contributed by atoms with van der Waals surface area (Å²) in [5.41, 5.74) is 2.17. The highest BCUT2D eigenvalue weighted by Gasteiger charge is 2.07. The smallest absolute Gasteiger partial charge is 0.262 e. The zero-order chi connectivity index (χ0) is 14.3. The Morgan fingerprint density at radius 3 is 2.53 bits per heavy atom. The van der Waals surface area contributed by atoms with Crippen LogP contribution in [0.2, 0.25) is 0 Å². The van der Waals surface area contributed by atoms with E-state index in [9.17, 15) is 4.79 Å². The first-order valence-electron chi connectivity index (χ1n) is 6.19. The fourth-order valence-corrected chi connectivity index (χ4v) is 1.55. The van der Waals surface area contributed by atoms with Gasteiger partial charge in [0.05, 0.1) is 0 Å². The van der Waals surface area contributed by atoms with Gasteiger partial charge >= 0.3 is 0 Å². The lowest BCUT2D eigenvalue weighted by atomic mass is 10.0. The SMILES string of the molecule is C=CCNC(=O)/C(C#N)=C/c1ccc(C(C)C)cc1. The molecule has 1 N–H and O–H groups in total. The van der Waals surface area contributed by atoms with Gasteiger partial charge in [-0.15, -0.1) is 6.58 Å². The zero-order valence-electron chi connectivity index (χ0n) is 11.3. The molecule has 0 aliphatic heterocycles. The lowest BCUT2D eigenvalue weighted by Crippen LogP contribution is -2.24. The van der Waals surface area contributed by atoms with E-state index in [0.29, 0.717) is 12.5 Å². The molecule has 3 heteroatoms. The van der Waals surface area contributed by atoms with E-state index < -0.39 is 0 Å². The molecule has 0 saturated heterocycles. The highest BCUT2D eigenvalue weighted by molar-refractivity contribution is 6.01.